The Kier molecular flexibility index (Phi) is 8.55. The van der Waals surface area contributed by atoms with Crippen LogP contribution in [0, 0.1) is 5.82 Å². The molecule has 10 nitrogen and oxygen atoms in total. The lowest BCUT2D eigenvalue weighted by atomic mass is 10.1. The monoisotopic (exact) mass is 583 g/mol. The van der Waals surface area contributed by atoms with Crippen LogP contribution in [-0.4, -0.2) is 76.8 Å². The molecule has 2 fully saturated rings. The van der Waals surface area contributed by atoms with Crippen LogP contribution in [0.3, 0.4) is 0 Å². The Balaban J connectivity index is 1.29. The molecule has 0 saturated carbocycles. The van der Waals surface area contributed by atoms with Gasteiger partial charge in [-0.15, -0.1) is 0 Å². The largest absolute Gasteiger partial charge is 0.415 e. The van der Waals surface area contributed by atoms with Gasteiger partial charge in [0.2, 0.25) is 11.8 Å². The normalized spacial score (nSPS) is 17.1. The second kappa shape index (κ2) is 12.3. The second-order valence-electron chi connectivity index (χ2n) is 10.2. The summed E-state index contributed by atoms with van der Waals surface area (Å²) in [6.07, 6.45) is 2.30. The number of carbonyl (C=O) groups is 4. The Labute approximate surface area is 241 Å². The fourth-order valence-corrected chi connectivity index (χ4v) is 5.52. The molecule has 2 saturated heterocycles. The van der Waals surface area contributed by atoms with E-state index in [0.29, 0.717) is 67.8 Å². The predicted molar refractivity (Wildman–Crippen MR) is 150 cm³/mol. The number of halogens is 2. The molecule has 5 rings (SSSR count). The van der Waals surface area contributed by atoms with Gasteiger partial charge in [-0.1, -0.05) is 23.7 Å². The molecule has 0 aliphatic carbocycles. The van der Waals surface area contributed by atoms with Gasteiger partial charge in [-0.2, -0.15) is 0 Å². The Hall–Kier alpha value is -3.96. The van der Waals surface area contributed by atoms with E-state index in [2.05, 4.69) is 10.6 Å². The molecule has 2 aromatic carbocycles. The summed E-state index contributed by atoms with van der Waals surface area (Å²) in [4.78, 5) is 54.5. The van der Waals surface area contributed by atoms with E-state index in [9.17, 15) is 23.6 Å². The molecule has 12 heteroatoms. The van der Waals surface area contributed by atoms with Crippen molar-refractivity contribution < 1.29 is 28.3 Å². The van der Waals surface area contributed by atoms with Crippen molar-refractivity contribution in [3.8, 4) is 5.75 Å². The van der Waals surface area contributed by atoms with Crippen molar-refractivity contribution in [2.75, 3.05) is 32.7 Å². The highest BCUT2D eigenvalue weighted by molar-refractivity contribution is 6.30. The summed E-state index contributed by atoms with van der Waals surface area (Å²) in [7, 11) is 0. The zero-order valence-corrected chi connectivity index (χ0v) is 23.4. The molecule has 2 aliphatic rings. The summed E-state index contributed by atoms with van der Waals surface area (Å²) in [5.74, 6) is -1.12. The highest BCUT2D eigenvalue weighted by Crippen LogP contribution is 2.28. The zero-order valence-electron chi connectivity index (χ0n) is 22.6. The lowest BCUT2D eigenvalue weighted by Crippen LogP contribution is -2.47. The molecule has 2 N–H and O–H groups in total. The van der Waals surface area contributed by atoms with Crippen molar-refractivity contribution >= 4 is 46.2 Å². The average molecular weight is 584 g/mol. The van der Waals surface area contributed by atoms with Gasteiger partial charge in [0.25, 0.3) is 0 Å². The number of aromatic nitrogens is 1. The van der Waals surface area contributed by atoms with Crippen LogP contribution in [0.4, 0.5) is 9.18 Å². The molecule has 41 heavy (non-hydrogen) atoms. The Morgan fingerprint density at radius 2 is 1.90 bits per heavy atom. The van der Waals surface area contributed by atoms with Gasteiger partial charge in [-0.3, -0.25) is 14.4 Å². The van der Waals surface area contributed by atoms with E-state index >= 15 is 0 Å². The molecule has 0 unspecified atom stereocenters. The van der Waals surface area contributed by atoms with Gasteiger partial charge >= 0.3 is 6.09 Å². The number of amides is 3. The first-order chi connectivity index (χ1) is 19.7. The van der Waals surface area contributed by atoms with Gasteiger partial charge in [0.1, 0.15) is 24.2 Å². The van der Waals surface area contributed by atoms with Crippen LogP contribution >= 0.6 is 11.6 Å². The van der Waals surface area contributed by atoms with Crippen LogP contribution in [0.1, 0.15) is 35.7 Å². The van der Waals surface area contributed by atoms with E-state index in [0.717, 1.165) is 0 Å². The molecular weight excluding hydrogens is 553 g/mol. The Morgan fingerprint density at radius 1 is 1.12 bits per heavy atom. The third-order valence-corrected chi connectivity index (χ3v) is 7.77. The minimum atomic E-state index is -0.685. The van der Waals surface area contributed by atoms with Crippen LogP contribution in [0.2, 0.25) is 5.02 Å². The van der Waals surface area contributed by atoms with E-state index in [1.165, 1.54) is 17.9 Å². The van der Waals surface area contributed by atoms with E-state index in [1.54, 1.807) is 46.0 Å². The number of ether oxygens (including phenoxy) is 1. The minimum Gasteiger partial charge on any atom is -0.410 e. The van der Waals surface area contributed by atoms with E-state index in [-0.39, 0.29) is 41.3 Å². The smallest absolute Gasteiger partial charge is 0.410 e. The summed E-state index contributed by atoms with van der Waals surface area (Å²) in [5.41, 5.74) is 1.28. The summed E-state index contributed by atoms with van der Waals surface area (Å²) in [6.45, 7) is 4.19. The Bertz CT molecular complexity index is 1500. The minimum absolute atomic E-state index is 0.0249. The number of nitrogens with zero attached hydrogens (tertiary/aromatic N) is 3. The van der Waals surface area contributed by atoms with Crippen molar-refractivity contribution in [3.05, 3.63) is 64.6 Å². The standard InChI is InChI=1S/C29H31ClFN5O5/c1-18(37)22-16-35(24-8-7-20(14-21(22)24)41-29(40)34-12-9-32-10-13-34)17-26(38)36-11-3-6-25(36)28(39)33-15-19-4-2-5-23(30)27(19)31/h2,4-5,7-8,14,16,25,32H,3,6,9-13,15,17H2,1H3,(H,33,39)/t25-/m0/s1. The van der Waals surface area contributed by atoms with Crippen LogP contribution < -0.4 is 15.4 Å². The van der Waals surface area contributed by atoms with E-state index < -0.39 is 18.0 Å². The number of piperazine rings is 1. The molecule has 3 amide bonds. The van der Waals surface area contributed by atoms with E-state index in [4.69, 9.17) is 16.3 Å². The van der Waals surface area contributed by atoms with Crippen LogP contribution in [0.15, 0.2) is 42.6 Å². The van der Waals surface area contributed by atoms with Gasteiger partial charge in [-0.05, 0) is 44.0 Å². The molecule has 0 bridgehead atoms. The summed E-state index contributed by atoms with van der Waals surface area (Å²) in [6, 6.07) is 8.87. The summed E-state index contributed by atoms with van der Waals surface area (Å²) >= 11 is 5.83. The van der Waals surface area contributed by atoms with Crippen molar-refractivity contribution in [1.82, 2.24) is 25.0 Å². The van der Waals surface area contributed by atoms with Crippen LogP contribution in [0.25, 0.3) is 10.9 Å². The van der Waals surface area contributed by atoms with Gasteiger partial charge in [0.15, 0.2) is 5.78 Å². The first kappa shape index (κ1) is 28.6. The number of fused-ring (bicyclic) bond motifs is 1. The number of carbonyl (C=O) groups excluding carboxylic acids is 4. The summed E-state index contributed by atoms with van der Waals surface area (Å²) in [5, 5.41) is 6.44. The van der Waals surface area contributed by atoms with Crippen LogP contribution in [-0.2, 0) is 22.7 Å². The number of hydrogen-bond acceptors (Lipinski definition) is 6. The molecule has 3 aromatic rings. The fraction of sp³-hybridized carbons (Fsp3) is 0.379. The van der Waals surface area contributed by atoms with Gasteiger partial charge in [0, 0.05) is 67.5 Å². The highest BCUT2D eigenvalue weighted by atomic mass is 35.5. The van der Waals surface area contributed by atoms with Crippen molar-refractivity contribution in [3.63, 3.8) is 0 Å². The maximum Gasteiger partial charge on any atom is 0.415 e. The first-order valence-electron chi connectivity index (χ1n) is 13.5. The zero-order chi connectivity index (χ0) is 29.1. The lowest BCUT2D eigenvalue weighted by molar-refractivity contribution is -0.138. The third kappa shape index (κ3) is 6.20. The lowest BCUT2D eigenvalue weighted by Gasteiger charge is -2.26. The molecule has 1 aromatic heterocycles. The summed E-state index contributed by atoms with van der Waals surface area (Å²) < 4.78 is 21.5. The second-order valence-corrected chi connectivity index (χ2v) is 10.6. The highest BCUT2D eigenvalue weighted by Gasteiger charge is 2.34. The third-order valence-electron chi connectivity index (χ3n) is 7.48. The van der Waals surface area contributed by atoms with Gasteiger partial charge in [-0.25, -0.2) is 9.18 Å². The maximum absolute atomic E-state index is 14.2. The number of likely N-dealkylation sites (tertiary alicyclic amines) is 1. The average Bonchev–Trinajstić information content (AvgIpc) is 3.60. The maximum atomic E-state index is 14.2. The van der Waals surface area contributed by atoms with Crippen molar-refractivity contribution in [2.45, 2.75) is 38.9 Å². The van der Waals surface area contributed by atoms with E-state index in [1.807, 2.05) is 0 Å². The molecular formula is C29H31ClFN5O5. The SMILES string of the molecule is CC(=O)c1cn(CC(=O)N2CCC[C@H]2C(=O)NCc2cccc(Cl)c2F)c2ccc(OC(=O)N3CCNCC3)cc12. The fourth-order valence-electron chi connectivity index (χ4n) is 5.32. The van der Waals surface area contributed by atoms with Crippen molar-refractivity contribution in [2.24, 2.45) is 0 Å². The molecule has 216 valence electrons. The predicted octanol–water partition coefficient (Wildman–Crippen LogP) is 3.35. The number of Topliss-reactive ketones (excluding diaryl/α,β-unsaturated/α-hetero) is 1. The Morgan fingerprint density at radius 3 is 2.66 bits per heavy atom. The number of hydrogen-bond donors (Lipinski definition) is 2. The molecule has 1 atom stereocenters. The number of ketones is 1. The molecule has 2 aliphatic heterocycles. The molecule has 3 heterocycles. The molecule has 0 spiro atoms. The van der Waals surface area contributed by atoms with Gasteiger partial charge in [0.05, 0.1) is 5.02 Å². The quantitative estimate of drug-likeness (QED) is 0.413. The molecule has 0 radical (unpaired) electrons. The van der Waals surface area contributed by atoms with Crippen LogP contribution in [0.5, 0.6) is 5.75 Å². The number of rotatable bonds is 7. The van der Waals surface area contributed by atoms with Crippen molar-refractivity contribution in [1.29, 1.82) is 0 Å². The number of benzene rings is 2. The first-order valence-corrected chi connectivity index (χ1v) is 13.9. The topological polar surface area (TPSA) is 113 Å². The van der Waals surface area contributed by atoms with Gasteiger partial charge < -0.3 is 29.7 Å². The number of nitrogens with one attached hydrogen (secondary N) is 2.